The number of carbonyl (C=O) groups is 2. The van der Waals surface area contributed by atoms with E-state index in [0.29, 0.717) is 16.9 Å². The highest BCUT2D eigenvalue weighted by Crippen LogP contribution is 2.37. The fourth-order valence-corrected chi connectivity index (χ4v) is 2.97. The lowest BCUT2D eigenvalue weighted by Crippen LogP contribution is -2.30. The van der Waals surface area contributed by atoms with Gasteiger partial charge in [-0.2, -0.15) is 13.2 Å². The summed E-state index contributed by atoms with van der Waals surface area (Å²) in [6.07, 6.45) is -5.06. The van der Waals surface area contributed by atoms with Crippen molar-refractivity contribution in [3.8, 4) is 16.9 Å². The topological polar surface area (TPSA) is 64.6 Å². The first kappa shape index (κ1) is 18.8. The number of anilines is 1. The molecule has 1 N–H and O–H groups in total. The molecule has 25 heavy (non-hydrogen) atoms. The van der Waals surface area contributed by atoms with Crippen molar-refractivity contribution in [2.24, 2.45) is 0 Å². The van der Waals surface area contributed by atoms with Crippen LogP contribution in [0.4, 0.5) is 18.2 Å². The maximum Gasteiger partial charge on any atom is 0.471 e. The van der Waals surface area contributed by atoms with Crippen molar-refractivity contribution < 1.29 is 32.2 Å². The number of halogens is 3. The second kappa shape index (κ2) is 7.56. The van der Waals surface area contributed by atoms with Gasteiger partial charge in [0.05, 0.1) is 13.7 Å². The largest absolute Gasteiger partial charge is 0.497 e. The Labute approximate surface area is 145 Å². The summed E-state index contributed by atoms with van der Waals surface area (Å²) in [4.78, 5) is 23.4. The zero-order valence-electron chi connectivity index (χ0n) is 13.3. The molecule has 0 bridgehead atoms. The average Bonchev–Trinajstić information content (AvgIpc) is 2.98. The van der Waals surface area contributed by atoms with Crippen LogP contribution in [0.15, 0.2) is 29.6 Å². The fraction of sp³-hybridized carbons (Fsp3) is 0.250. The standard InChI is InChI=1S/C16H14F3NO4S/c1-3-24-14(21)12-11(9-4-6-10(23-2)7-5-9)8-25-13(12)20-15(22)16(17,18)19/h4-8H,3H2,1-2H3,(H,20,22). The Morgan fingerprint density at radius 2 is 1.84 bits per heavy atom. The van der Waals surface area contributed by atoms with Gasteiger partial charge in [-0.1, -0.05) is 12.1 Å². The van der Waals surface area contributed by atoms with E-state index in [1.54, 1.807) is 36.5 Å². The van der Waals surface area contributed by atoms with Gasteiger partial charge in [0.2, 0.25) is 0 Å². The third-order valence-electron chi connectivity index (χ3n) is 3.16. The number of thiophene rings is 1. The van der Waals surface area contributed by atoms with Crippen molar-refractivity contribution in [1.29, 1.82) is 0 Å². The predicted octanol–water partition coefficient (Wildman–Crippen LogP) is 4.10. The molecule has 0 saturated heterocycles. The van der Waals surface area contributed by atoms with E-state index < -0.39 is 18.1 Å². The van der Waals surface area contributed by atoms with Crippen molar-refractivity contribution in [3.63, 3.8) is 0 Å². The number of nitrogens with one attached hydrogen (secondary N) is 1. The van der Waals surface area contributed by atoms with Gasteiger partial charge in [-0.05, 0) is 24.6 Å². The average molecular weight is 373 g/mol. The molecule has 1 aromatic carbocycles. The molecule has 0 fully saturated rings. The Hall–Kier alpha value is -2.55. The van der Waals surface area contributed by atoms with Gasteiger partial charge in [0.25, 0.3) is 0 Å². The van der Waals surface area contributed by atoms with Gasteiger partial charge in [-0.3, -0.25) is 4.79 Å². The molecule has 1 heterocycles. The van der Waals surface area contributed by atoms with Gasteiger partial charge in [0, 0.05) is 10.9 Å². The fourth-order valence-electron chi connectivity index (χ4n) is 2.01. The van der Waals surface area contributed by atoms with Crippen LogP contribution in [-0.2, 0) is 9.53 Å². The first-order valence-electron chi connectivity index (χ1n) is 7.09. The van der Waals surface area contributed by atoms with Crippen LogP contribution in [0.2, 0.25) is 0 Å². The molecule has 9 heteroatoms. The summed E-state index contributed by atoms with van der Waals surface area (Å²) < 4.78 is 47.4. The highest BCUT2D eigenvalue weighted by molar-refractivity contribution is 7.15. The molecule has 1 amide bonds. The molecule has 0 saturated carbocycles. The van der Waals surface area contributed by atoms with E-state index in [2.05, 4.69) is 0 Å². The molecule has 5 nitrogen and oxygen atoms in total. The zero-order chi connectivity index (χ0) is 18.6. The van der Waals surface area contributed by atoms with Crippen LogP contribution in [-0.4, -0.2) is 31.8 Å². The molecule has 0 aliphatic carbocycles. The SMILES string of the molecule is CCOC(=O)c1c(-c2ccc(OC)cc2)csc1NC(=O)C(F)(F)F. The van der Waals surface area contributed by atoms with Gasteiger partial charge < -0.3 is 14.8 Å². The summed E-state index contributed by atoms with van der Waals surface area (Å²) in [6, 6.07) is 6.60. The highest BCUT2D eigenvalue weighted by atomic mass is 32.1. The Bertz CT molecular complexity index is 769. The monoisotopic (exact) mass is 373 g/mol. The third kappa shape index (κ3) is 4.30. The minimum Gasteiger partial charge on any atom is -0.497 e. The molecule has 2 rings (SSSR count). The van der Waals surface area contributed by atoms with Gasteiger partial charge in [-0.25, -0.2) is 4.79 Å². The lowest BCUT2D eigenvalue weighted by atomic mass is 10.0. The minimum atomic E-state index is -5.06. The van der Waals surface area contributed by atoms with E-state index in [0.717, 1.165) is 11.3 Å². The highest BCUT2D eigenvalue weighted by Gasteiger charge is 2.39. The number of hydrogen-bond acceptors (Lipinski definition) is 5. The molecule has 0 unspecified atom stereocenters. The van der Waals surface area contributed by atoms with Gasteiger partial charge in [-0.15, -0.1) is 11.3 Å². The number of ether oxygens (including phenoxy) is 2. The number of hydrogen-bond donors (Lipinski definition) is 1. The van der Waals surface area contributed by atoms with Gasteiger partial charge in [0.15, 0.2) is 0 Å². The Morgan fingerprint density at radius 1 is 1.20 bits per heavy atom. The molecular formula is C16H14F3NO4S. The molecule has 0 aliphatic rings. The summed E-state index contributed by atoms with van der Waals surface area (Å²) in [5.74, 6) is -2.38. The molecule has 134 valence electrons. The Morgan fingerprint density at radius 3 is 2.36 bits per heavy atom. The molecule has 2 aromatic rings. The number of amides is 1. The summed E-state index contributed by atoms with van der Waals surface area (Å²) in [7, 11) is 1.49. The van der Waals surface area contributed by atoms with Crippen LogP contribution < -0.4 is 10.1 Å². The molecule has 0 atom stereocenters. The Balaban J connectivity index is 2.46. The molecular weight excluding hydrogens is 359 g/mol. The van der Waals surface area contributed by atoms with Crippen LogP contribution in [0, 0.1) is 0 Å². The normalized spacial score (nSPS) is 11.1. The van der Waals surface area contributed by atoms with Crippen LogP contribution >= 0.6 is 11.3 Å². The predicted molar refractivity (Wildman–Crippen MR) is 86.9 cm³/mol. The lowest BCUT2D eigenvalue weighted by molar-refractivity contribution is -0.167. The first-order chi connectivity index (χ1) is 11.8. The second-order valence-corrected chi connectivity index (χ2v) is 5.63. The number of rotatable bonds is 5. The lowest BCUT2D eigenvalue weighted by Gasteiger charge is -2.10. The molecule has 1 aromatic heterocycles. The number of alkyl halides is 3. The molecule has 0 radical (unpaired) electrons. The van der Waals surface area contributed by atoms with Crippen molar-refractivity contribution in [2.75, 3.05) is 19.0 Å². The number of esters is 1. The number of carbonyl (C=O) groups excluding carboxylic acids is 2. The van der Waals surface area contributed by atoms with Crippen molar-refractivity contribution in [1.82, 2.24) is 0 Å². The van der Waals surface area contributed by atoms with E-state index in [1.807, 2.05) is 0 Å². The summed E-state index contributed by atoms with van der Waals surface area (Å²) >= 11 is 0.816. The summed E-state index contributed by atoms with van der Waals surface area (Å²) in [5, 5.41) is 3.00. The quantitative estimate of drug-likeness (QED) is 0.802. The zero-order valence-corrected chi connectivity index (χ0v) is 14.1. The van der Waals surface area contributed by atoms with Crippen molar-refractivity contribution >= 4 is 28.2 Å². The van der Waals surface area contributed by atoms with Crippen LogP contribution in [0.1, 0.15) is 17.3 Å². The van der Waals surface area contributed by atoms with Gasteiger partial charge in [0.1, 0.15) is 16.3 Å². The van der Waals surface area contributed by atoms with E-state index in [-0.39, 0.29) is 17.2 Å². The smallest absolute Gasteiger partial charge is 0.471 e. The van der Waals surface area contributed by atoms with Crippen LogP contribution in [0.5, 0.6) is 5.75 Å². The van der Waals surface area contributed by atoms with Gasteiger partial charge >= 0.3 is 18.1 Å². The van der Waals surface area contributed by atoms with E-state index in [4.69, 9.17) is 9.47 Å². The maximum atomic E-state index is 12.5. The Kier molecular flexibility index (Phi) is 5.68. The number of benzene rings is 1. The van der Waals surface area contributed by atoms with Crippen molar-refractivity contribution in [2.45, 2.75) is 13.1 Å². The van der Waals surface area contributed by atoms with E-state index >= 15 is 0 Å². The van der Waals surface area contributed by atoms with Crippen LogP contribution in [0.3, 0.4) is 0 Å². The number of methoxy groups -OCH3 is 1. The van der Waals surface area contributed by atoms with E-state index in [1.165, 1.54) is 12.5 Å². The summed E-state index contributed by atoms with van der Waals surface area (Å²) in [6.45, 7) is 1.62. The van der Waals surface area contributed by atoms with Crippen molar-refractivity contribution in [3.05, 3.63) is 35.2 Å². The molecule has 0 aliphatic heterocycles. The first-order valence-corrected chi connectivity index (χ1v) is 7.97. The molecule has 0 spiro atoms. The van der Waals surface area contributed by atoms with Crippen LogP contribution in [0.25, 0.3) is 11.1 Å². The van der Waals surface area contributed by atoms with E-state index in [9.17, 15) is 22.8 Å². The summed E-state index contributed by atoms with van der Waals surface area (Å²) in [5.41, 5.74) is 0.825. The maximum absolute atomic E-state index is 12.5. The second-order valence-electron chi connectivity index (χ2n) is 4.75. The third-order valence-corrected chi connectivity index (χ3v) is 4.05. The minimum absolute atomic E-state index is 0.0450.